The minimum absolute atomic E-state index is 0.399. The average molecular weight is 166 g/mol. The molecule has 0 saturated carbocycles. The van der Waals surface area contributed by atoms with Gasteiger partial charge in [-0.15, -0.1) is 0 Å². The van der Waals surface area contributed by atoms with E-state index in [9.17, 15) is 13.5 Å². The summed E-state index contributed by atoms with van der Waals surface area (Å²) >= 11 is 0. The second-order valence-corrected chi connectivity index (χ2v) is 4.34. The van der Waals surface area contributed by atoms with Crippen LogP contribution >= 0.6 is 0 Å². The lowest BCUT2D eigenvalue weighted by molar-refractivity contribution is 0.141. The van der Waals surface area contributed by atoms with Gasteiger partial charge in [0.05, 0.1) is 12.9 Å². The highest BCUT2D eigenvalue weighted by Crippen LogP contribution is 1.99. The Bertz CT molecular complexity index is 187. The summed E-state index contributed by atoms with van der Waals surface area (Å²) in [6.07, 6.45) is 1.08. The van der Waals surface area contributed by atoms with E-state index in [4.69, 9.17) is 0 Å². The molecule has 0 aromatic carbocycles. The Morgan fingerprint density at radius 3 is 2.00 bits per heavy atom. The van der Waals surface area contributed by atoms with Crippen molar-refractivity contribution in [2.45, 2.75) is 13.0 Å². The van der Waals surface area contributed by atoms with Gasteiger partial charge in [-0.05, 0) is 6.92 Å². The smallest absolute Gasteiger partial charge is 0.211 e. The van der Waals surface area contributed by atoms with Gasteiger partial charge in [-0.25, -0.2) is 17.8 Å². The summed E-state index contributed by atoms with van der Waals surface area (Å²) in [6, 6.07) is -0.449. The molecule has 0 aromatic heterocycles. The molecule has 1 unspecified atom stereocenters. The van der Waals surface area contributed by atoms with Crippen LogP contribution in [0.2, 0.25) is 0 Å². The maximum Gasteiger partial charge on any atom is 0.211 e. The Morgan fingerprint density at radius 2 is 1.90 bits per heavy atom. The number of rotatable bonds is 3. The standard InChI is InChI=1S/C5H12NO3S/c1-5(4-7)6(2)10(3,8)9/h5H,4H2,1-3H3. The fourth-order valence-corrected chi connectivity index (χ4v) is 1.15. The van der Waals surface area contributed by atoms with E-state index in [0.29, 0.717) is 0 Å². The molecule has 0 N–H and O–H groups in total. The molecular formula is C5H12NO3S. The number of hydrogen-bond donors (Lipinski definition) is 0. The Kier molecular flexibility index (Phi) is 3.27. The van der Waals surface area contributed by atoms with E-state index in [2.05, 4.69) is 0 Å². The molecular weight excluding hydrogens is 154 g/mol. The molecule has 0 aromatic rings. The van der Waals surface area contributed by atoms with E-state index in [1.807, 2.05) is 0 Å². The van der Waals surface area contributed by atoms with Crippen molar-refractivity contribution in [1.82, 2.24) is 4.31 Å². The molecule has 0 aliphatic rings. The topological polar surface area (TPSA) is 57.3 Å². The van der Waals surface area contributed by atoms with Gasteiger partial charge in [-0.3, -0.25) is 0 Å². The zero-order valence-electron chi connectivity index (χ0n) is 6.36. The van der Waals surface area contributed by atoms with Crippen molar-refractivity contribution in [2.24, 2.45) is 0 Å². The summed E-state index contributed by atoms with van der Waals surface area (Å²) in [6.45, 7) is 1.18. The van der Waals surface area contributed by atoms with Crippen LogP contribution in [-0.4, -0.2) is 38.7 Å². The predicted octanol–water partition coefficient (Wildman–Crippen LogP) is -0.303. The highest BCUT2D eigenvalue weighted by Gasteiger charge is 2.17. The van der Waals surface area contributed by atoms with Gasteiger partial charge in [0.2, 0.25) is 10.0 Å². The van der Waals surface area contributed by atoms with Crippen LogP contribution in [0.4, 0.5) is 0 Å². The third-order valence-electron chi connectivity index (χ3n) is 1.39. The summed E-state index contributed by atoms with van der Waals surface area (Å²) in [5.41, 5.74) is 0. The van der Waals surface area contributed by atoms with E-state index in [0.717, 1.165) is 10.6 Å². The lowest BCUT2D eigenvalue weighted by Crippen LogP contribution is -2.36. The van der Waals surface area contributed by atoms with Crippen molar-refractivity contribution in [3.05, 3.63) is 0 Å². The second kappa shape index (κ2) is 3.32. The minimum atomic E-state index is -3.18. The normalized spacial score (nSPS) is 15.7. The fourth-order valence-electron chi connectivity index (χ4n) is 0.432. The molecule has 0 aliphatic carbocycles. The number of nitrogens with zero attached hydrogens (tertiary/aromatic N) is 1. The predicted molar refractivity (Wildman–Crippen MR) is 37.6 cm³/mol. The molecule has 0 bridgehead atoms. The Labute approximate surface area is 61.5 Å². The van der Waals surface area contributed by atoms with Crippen LogP contribution in [0.25, 0.3) is 0 Å². The van der Waals surface area contributed by atoms with Gasteiger partial charge in [0.15, 0.2) is 0 Å². The van der Waals surface area contributed by atoms with Crippen LogP contribution < -0.4 is 0 Å². The maximum atomic E-state index is 10.7. The van der Waals surface area contributed by atoms with E-state index >= 15 is 0 Å². The van der Waals surface area contributed by atoms with Crippen LogP contribution in [0.1, 0.15) is 6.92 Å². The van der Waals surface area contributed by atoms with Gasteiger partial charge in [-0.1, -0.05) is 0 Å². The number of sulfonamides is 1. The quantitative estimate of drug-likeness (QED) is 0.577. The van der Waals surface area contributed by atoms with Gasteiger partial charge in [0.25, 0.3) is 0 Å². The lowest BCUT2D eigenvalue weighted by atomic mass is 10.4. The van der Waals surface area contributed by atoms with Crippen molar-refractivity contribution < 1.29 is 13.5 Å². The van der Waals surface area contributed by atoms with Crippen LogP contribution in [0.15, 0.2) is 0 Å². The summed E-state index contributed by atoms with van der Waals surface area (Å²) in [4.78, 5) is 0. The lowest BCUT2D eigenvalue weighted by Gasteiger charge is -2.18. The van der Waals surface area contributed by atoms with Crippen molar-refractivity contribution in [1.29, 1.82) is 0 Å². The highest BCUT2D eigenvalue weighted by atomic mass is 32.2. The first kappa shape index (κ1) is 9.87. The number of likely N-dealkylation sites (N-methyl/N-ethyl adjacent to an activating group) is 1. The van der Waals surface area contributed by atoms with Gasteiger partial charge >= 0.3 is 0 Å². The van der Waals surface area contributed by atoms with E-state index in [1.54, 1.807) is 6.92 Å². The zero-order chi connectivity index (χ0) is 8.36. The molecule has 0 spiro atoms. The molecule has 4 nitrogen and oxygen atoms in total. The molecule has 1 radical (unpaired) electrons. The van der Waals surface area contributed by atoms with Gasteiger partial charge in [0, 0.05) is 13.1 Å². The summed E-state index contributed by atoms with van der Waals surface area (Å²) in [5.74, 6) is 0. The molecule has 10 heavy (non-hydrogen) atoms. The van der Waals surface area contributed by atoms with E-state index in [-0.39, 0.29) is 0 Å². The molecule has 1 atom stereocenters. The first-order valence-electron chi connectivity index (χ1n) is 2.90. The molecule has 0 aliphatic heterocycles. The second-order valence-electron chi connectivity index (χ2n) is 2.29. The Balaban J connectivity index is 4.23. The van der Waals surface area contributed by atoms with Crippen molar-refractivity contribution in [2.75, 3.05) is 19.9 Å². The van der Waals surface area contributed by atoms with Crippen LogP contribution in [0.5, 0.6) is 0 Å². The monoisotopic (exact) mass is 166 g/mol. The summed E-state index contributed by atoms with van der Waals surface area (Å²) in [7, 11) is -1.78. The van der Waals surface area contributed by atoms with Crippen LogP contribution in [0, 0.1) is 0 Å². The van der Waals surface area contributed by atoms with Gasteiger partial charge in [0.1, 0.15) is 0 Å². The first-order valence-corrected chi connectivity index (χ1v) is 4.75. The third kappa shape index (κ3) is 2.64. The SMILES string of the molecule is CC(C[O])N(C)S(C)(=O)=O. The Hall–Kier alpha value is -0.130. The molecule has 5 heteroatoms. The van der Waals surface area contributed by atoms with Crippen LogP contribution in [-0.2, 0) is 15.1 Å². The molecule has 0 rings (SSSR count). The van der Waals surface area contributed by atoms with Gasteiger partial charge < -0.3 is 0 Å². The third-order valence-corrected chi connectivity index (χ3v) is 2.79. The molecule has 0 heterocycles. The summed E-state index contributed by atoms with van der Waals surface area (Å²) < 4.78 is 22.5. The van der Waals surface area contributed by atoms with Crippen molar-refractivity contribution in [3.8, 4) is 0 Å². The highest BCUT2D eigenvalue weighted by molar-refractivity contribution is 7.88. The zero-order valence-corrected chi connectivity index (χ0v) is 7.18. The average Bonchev–Trinajstić information content (AvgIpc) is 1.83. The van der Waals surface area contributed by atoms with Crippen molar-refractivity contribution in [3.63, 3.8) is 0 Å². The van der Waals surface area contributed by atoms with E-state index < -0.39 is 22.7 Å². The molecule has 0 amide bonds. The largest absolute Gasteiger partial charge is 0.235 e. The first-order chi connectivity index (χ1) is 4.39. The summed E-state index contributed by atoms with van der Waals surface area (Å²) in [5, 5.41) is 10.2. The maximum absolute atomic E-state index is 10.7. The van der Waals surface area contributed by atoms with Gasteiger partial charge in [-0.2, -0.15) is 0 Å². The molecule has 0 fully saturated rings. The fraction of sp³-hybridized carbons (Fsp3) is 1.00. The Morgan fingerprint density at radius 1 is 1.50 bits per heavy atom. The van der Waals surface area contributed by atoms with Crippen molar-refractivity contribution >= 4 is 10.0 Å². The number of hydrogen-bond acceptors (Lipinski definition) is 2. The molecule has 61 valence electrons. The minimum Gasteiger partial charge on any atom is -0.235 e. The van der Waals surface area contributed by atoms with E-state index in [1.165, 1.54) is 7.05 Å². The molecule has 0 saturated heterocycles. The van der Waals surface area contributed by atoms with Crippen LogP contribution in [0.3, 0.4) is 0 Å².